The van der Waals surface area contributed by atoms with E-state index in [2.05, 4.69) is 56.4 Å². The molecule has 0 radical (unpaired) electrons. The number of thioether (sulfide) groups is 1. The fourth-order valence-corrected chi connectivity index (χ4v) is 6.26. The first kappa shape index (κ1) is 28.0. The van der Waals surface area contributed by atoms with Gasteiger partial charge in [-0.25, -0.2) is 0 Å². The van der Waals surface area contributed by atoms with Crippen LogP contribution in [0.1, 0.15) is 59.1 Å². The van der Waals surface area contributed by atoms with E-state index in [4.69, 9.17) is 0 Å². The molecule has 0 spiro atoms. The van der Waals surface area contributed by atoms with Gasteiger partial charge >= 0.3 is 0 Å². The number of rotatable bonds is 11. The van der Waals surface area contributed by atoms with Crippen molar-refractivity contribution in [2.45, 2.75) is 77.3 Å². The molecule has 2 amide bonds. The Kier molecular flexibility index (Phi) is 10.1. The molecule has 200 valence electrons. The third-order valence-electron chi connectivity index (χ3n) is 7.18. The van der Waals surface area contributed by atoms with E-state index in [1.165, 1.54) is 16.7 Å². The van der Waals surface area contributed by atoms with Crippen molar-refractivity contribution < 1.29 is 9.59 Å². The van der Waals surface area contributed by atoms with Crippen LogP contribution in [0.25, 0.3) is 0 Å². The Morgan fingerprint density at radius 2 is 1.50 bits per heavy atom. The highest BCUT2D eigenvalue weighted by atomic mass is 32.2. The van der Waals surface area contributed by atoms with E-state index in [-0.39, 0.29) is 17.9 Å². The standard InChI is InChI=1S/C33H40N2O2S/c1-24-10-9-13-28(17-24)21-35(32(36)23-38-22-29-18-25(2)16-26(3)19-29)31(20-27-11-5-4-6-12-27)33(37)34-30-14-7-8-15-30/h4-6,9-13,16-19,30-31H,7-8,14-15,20-23H2,1-3H3,(H,34,37)/t31-/m1/s1. The van der Waals surface area contributed by atoms with Crippen molar-refractivity contribution in [1.29, 1.82) is 0 Å². The molecule has 4 rings (SSSR count). The fraction of sp³-hybridized carbons (Fsp3) is 0.394. The first-order valence-electron chi connectivity index (χ1n) is 13.7. The highest BCUT2D eigenvalue weighted by Crippen LogP contribution is 2.22. The molecule has 3 aromatic rings. The van der Waals surface area contributed by atoms with Gasteiger partial charge < -0.3 is 10.2 Å². The Hall–Kier alpha value is -3.05. The minimum Gasteiger partial charge on any atom is -0.352 e. The zero-order chi connectivity index (χ0) is 26.9. The van der Waals surface area contributed by atoms with Gasteiger partial charge in [0.1, 0.15) is 6.04 Å². The van der Waals surface area contributed by atoms with Crippen LogP contribution in [0.4, 0.5) is 0 Å². The third-order valence-corrected chi connectivity index (χ3v) is 8.17. The molecule has 0 saturated heterocycles. The number of benzene rings is 3. The average molecular weight is 529 g/mol. The Bertz CT molecular complexity index is 1200. The molecule has 3 aromatic carbocycles. The lowest BCUT2D eigenvalue weighted by atomic mass is 10.0. The van der Waals surface area contributed by atoms with Gasteiger partial charge in [0, 0.05) is 24.8 Å². The van der Waals surface area contributed by atoms with E-state index in [0.717, 1.165) is 48.1 Å². The largest absolute Gasteiger partial charge is 0.352 e. The zero-order valence-electron chi connectivity index (χ0n) is 22.9. The summed E-state index contributed by atoms with van der Waals surface area (Å²) in [4.78, 5) is 29.4. The van der Waals surface area contributed by atoms with Crippen LogP contribution >= 0.6 is 11.8 Å². The summed E-state index contributed by atoms with van der Waals surface area (Å²) in [7, 11) is 0. The molecule has 0 heterocycles. The number of nitrogens with one attached hydrogen (secondary N) is 1. The number of nitrogens with zero attached hydrogens (tertiary/aromatic N) is 1. The number of amides is 2. The maximum Gasteiger partial charge on any atom is 0.243 e. The predicted molar refractivity (Wildman–Crippen MR) is 158 cm³/mol. The molecular weight excluding hydrogens is 488 g/mol. The molecule has 1 fully saturated rings. The van der Waals surface area contributed by atoms with Gasteiger partial charge in [0.25, 0.3) is 0 Å². The van der Waals surface area contributed by atoms with Gasteiger partial charge in [-0.1, -0.05) is 102 Å². The minimum atomic E-state index is -0.562. The molecular formula is C33H40N2O2S. The topological polar surface area (TPSA) is 49.4 Å². The molecule has 4 nitrogen and oxygen atoms in total. The number of hydrogen-bond donors (Lipinski definition) is 1. The molecule has 1 aliphatic rings. The van der Waals surface area contributed by atoms with Crippen molar-refractivity contribution in [3.63, 3.8) is 0 Å². The summed E-state index contributed by atoms with van der Waals surface area (Å²) in [5.74, 6) is 1.06. The number of hydrogen-bond acceptors (Lipinski definition) is 3. The monoisotopic (exact) mass is 528 g/mol. The Balaban J connectivity index is 1.56. The second-order valence-electron chi connectivity index (χ2n) is 10.7. The van der Waals surface area contributed by atoms with Crippen molar-refractivity contribution in [3.8, 4) is 0 Å². The van der Waals surface area contributed by atoms with Crippen LogP contribution in [-0.4, -0.2) is 34.6 Å². The van der Waals surface area contributed by atoms with Crippen LogP contribution in [0, 0.1) is 20.8 Å². The molecule has 0 bridgehead atoms. The van der Waals surface area contributed by atoms with Crippen molar-refractivity contribution in [2.75, 3.05) is 5.75 Å². The molecule has 1 atom stereocenters. The smallest absolute Gasteiger partial charge is 0.243 e. The lowest BCUT2D eigenvalue weighted by Gasteiger charge is -2.32. The molecule has 5 heteroatoms. The van der Waals surface area contributed by atoms with Gasteiger partial charge in [-0.05, 0) is 50.3 Å². The highest BCUT2D eigenvalue weighted by Gasteiger charge is 2.32. The van der Waals surface area contributed by atoms with Gasteiger partial charge in [-0.15, -0.1) is 11.8 Å². The summed E-state index contributed by atoms with van der Waals surface area (Å²) in [6, 6.07) is 24.5. The van der Waals surface area contributed by atoms with Gasteiger partial charge in [0.15, 0.2) is 0 Å². The fourth-order valence-electron chi connectivity index (χ4n) is 5.42. The number of aryl methyl sites for hydroxylation is 3. The van der Waals surface area contributed by atoms with Gasteiger partial charge in [0.05, 0.1) is 5.75 Å². The van der Waals surface area contributed by atoms with Gasteiger partial charge in [-0.3, -0.25) is 9.59 Å². The number of carbonyl (C=O) groups is 2. The molecule has 1 N–H and O–H groups in total. The summed E-state index contributed by atoms with van der Waals surface area (Å²) in [6.45, 7) is 6.68. The van der Waals surface area contributed by atoms with Crippen LogP contribution in [-0.2, 0) is 28.3 Å². The first-order valence-corrected chi connectivity index (χ1v) is 14.9. The van der Waals surface area contributed by atoms with Crippen molar-refractivity contribution in [3.05, 3.63) is 106 Å². The van der Waals surface area contributed by atoms with E-state index < -0.39 is 6.04 Å². The molecule has 1 aliphatic carbocycles. The van der Waals surface area contributed by atoms with Crippen molar-refractivity contribution in [2.24, 2.45) is 0 Å². The summed E-state index contributed by atoms with van der Waals surface area (Å²) < 4.78 is 0. The maximum atomic E-state index is 13.9. The molecule has 1 saturated carbocycles. The van der Waals surface area contributed by atoms with E-state index in [0.29, 0.717) is 18.7 Å². The summed E-state index contributed by atoms with van der Waals surface area (Å²) >= 11 is 1.62. The van der Waals surface area contributed by atoms with Gasteiger partial charge in [0.2, 0.25) is 11.8 Å². The van der Waals surface area contributed by atoms with E-state index in [1.54, 1.807) is 11.8 Å². The number of carbonyl (C=O) groups excluding carboxylic acids is 2. The zero-order valence-corrected chi connectivity index (χ0v) is 23.7. The lowest BCUT2D eigenvalue weighted by Crippen LogP contribution is -2.52. The van der Waals surface area contributed by atoms with Crippen LogP contribution < -0.4 is 5.32 Å². The van der Waals surface area contributed by atoms with Gasteiger partial charge in [-0.2, -0.15) is 0 Å². The first-order chi connectivity index (χ1) is 18.4. The maximum absolute atomic E-state index is 13.9. The van der Waals surface area contributed by atoms with Crippen molar-refractivity contribution in [1.82, 2.24) is 10.2 Å². The van der Waals surface area contributed by atoms with Crippen LogP contribution in [0.3, 0.4) is 0 Å². The van der Waals surface area contributed by atoms with E-state index >= 15 is 0 Å². The quantitative estimate of drug-likeness (QED) is 0.307. The molecule has 0 aliphatic heterocycles. The predicted octanol–water partition coefficient (Wildman–Crippen LogP) is 6.54. The second kappa shape index (κ2) is 13.7. The summed E-state index contributed by atoms with van der Waals surface area (Å²) in [5, 5.41) is 3.29. The van der Waals surface area contributed by atoms with Crippen LogP contribution in [0.2, 0.25) is 0 Å². The van der Waals surface area contributed by atoms with E-state index in [1.807, 2.05) is 47.4 Å². The molecule has 38 heavy (non-hydrogen) atoms. The third kappa shape index (κ3) is 8.22. The normalized spacial score (nSPS) is 14.3. The Morgan fingerprint density at radius 1 is 0.842 bits per heavy atom. The van der Waals surface area contributed by atoms with Crippen LogP contribution in [0.5, 0.6) is 0 Å². The molecule has 0 aromatic heterocycles. The van der Waals surface area contributed by atoms with Crippen molar-refractivity contribution >= 4 is 23.6 Å². The lowest BCUT2D eigenvalue weighted by molar-refractivity contribution is -0.139. The average Bonchev–Trinajstić information content (AvgIpc) is 3.39. The highest BCUT2D eigenvalue weighted by molar-refractivity contribution is 7.99. The minimum absolute atomic E-state index is 0.00313. The SMILES string of the molecule is Cc1cc(C)cc(CSCC(=O)N(Cc2cccc(C)c2)[C@H](Cc2ccccc2)C(=O)NC2CCCC2)c1. The van der Waals surface area contributed by atoms with E-state index in [9.17, 15) is 9.59 Å². The Labute approximate surface area is 232 Å². The second-order valence-corrected chi connectivity index (χ2v) is 11.7. The molecule has 0 unspecified atom stereocenters. The summed E-state index contributed by atoms with van der Waals surface area (Å²) in [5.41, 5.74) is 6.95. The Morgan fingerprint density at radius 3 is 2.18 bits per heavy atom. The van der Waals surface area contributed by atoms with Crippen LogP contribution in [0.15, 0.2) is 72.8 Å². The summed E-state index contributed by atoms with van der Waals surface area (Å²) in [6.07, 6.45) is 4.83.